The van der Waals surface area contributed by atoms with Crippen molar-refractivity contribution in [1.82, 2.24) is 0 Å². The van der Waals surface area contributed by atoms with Crippen LogP contribution >= 0.6 is 0 Å². The van der Waals surface area contributed by atoms with E-state index in [2.05, 4.69) is 31.0 Å². The first-order valence-corrected chi connectivity index (χ1v) is 7.49. The van der Waals surface area contributed by atoms with Crippen molar-refractivity contribution in [3.63, 3.8) is 0 Å². The van der Waals surface area contributed by atoms with Gasteiger partial charge in [-0.1, -0.05) is 26.3 Å². The lowest BCUT2D eigenvalue weighted by atomic mass is 9.54. The fourth-order valence-electron chi connectivity index (χ4n) is 1.42. The quantitative estimate of drug-likeness (QED) is 0.380. The molecule has 2 nitrogen and oxygen atoms in total. The fourth-order valence-corrected chi connectivity index (χ4v) is 2.73. The predicted octanol–water partition coefficient (Wildman–Crippen LogP) is 1.72. The first-order valence-electron chi connectivity index (χ1n) is 5.37. The van der Waals surface area contributed by atoms with E-state index in [4.69, 9.17) is 0 Å². The molecule has 0 aliphatic carbocycles. The number of hydrogen-bond donors (Lipinski definition) is 0. The lowest BCUT2D eigenvalue weighted by Gasteiger charge is -2.05. The Bertz CT molecular complexity index is 202. The second-order valence-electron chi connectivity index (χ2n) is 3.76. The van der Waals surface area contributed by atoms with Crippen LogP contribution in [0.4, 0.5) is 0 Å². The average molecular weight is 212 g/mol. The normalized spacial score (nSPS) is 12.1. The van der Waals surface area contributed by atoms with Gasteiger partial charge in [0.05, 0.1) is 7.11 Å². The Morgan fingerprint density at radius 3 is 2.57 bits per heavy atom. The third kappa shape index (κ3) is 6.02. The number of unbranched alkanes of at least 4 members (excludes halogenated alkanes) is 1. The molecule has 0 saturated heterocycles. The standard InChI is InChI=1S/C10H21BO2Si/c1-11(2)9(14-4)7-5-6-8-10(12)13-3/h7H,5-6,8,14H2,1-4H3/b9-7-. The van der Waals surface area contributed by atoms with Crippen LogP contribution in [0.2, 0.25) is 20.2 Å². The molecule has 0 saturated carbocycles. The summed E-state index contributed by atoms with van der Waals surface area (Å²) in [6.07, 6.45) is 4.80. The summed E-state index contributed by atoms with van der Waals surface area (Å²) in [7, 11) is 1.41. The molecule has 0 spiro atoms. The third-order valence-corrected chi connectivity index (χ3v) is 4.29. The number of rotatable bonds is 6. The van der Waals surface area contributed by atoms with Crippen molar-refractivity contribution in [3.8, 4) is 0 Å². The highest BCUT2D eigenvalue weighted by atomic mass is 28.2. The first-order chi connectivity index (χ1) is 6.61. The van der Waals surface area contributed by atoms with Crippen LogP contribution < -0.4 is 0 Å². The molecule has 0 unspecified atom stereocenters. The second-order valence-corrected chi connectivity index (χ2v) is 5.28. The number of ether oxygens (including phenoxy) is 1. The zero-order chi connectivity index (χ0) is 11.0. The van der Waals surface area contributed by atoms with Crippen LogP contribution in [-0.2, 0) is 9.53 Å². The third-order valence-electron chi connectivity index (χ3n) is 2.37. The smallest absolute Gasteiger partial charge is 0.305 e. The zero-order valence-electron chi connectivity index (χ0n) is 9.80. The summed E-state index contributed by atoms with van der Waals surface area (Å²) in [6.45, 7) is 7.47. The van der Waals surface area contributed by atoms with Gasteiger partial charge in [-0.2, -0.15) is 0 Å². The Morgan fingerprint density at radius 2 is 2.14 bits per heavy atom. The van der Waals surface area contributed by atoms with Crippen molar-refractivity contribution < 1.29 is 9.53 Å². The van der Waals surface area contributed by atoms with E-state index >= 15 is 0 Å². The lowest BCUT2D eigenvalue weighted by Crippen LogP contribution is -2.10. The van der Waals surface area contributed by atoms with Gasteiger partial charge in [0.15, 0.2) is 6.71 Å². The maximum Gasteiger partial charge on any atom is 0.305 e. The van der Waals surface area contributed by atoms with Crippen LogP contribution in [0.3, 0.4) is 0 Å². The zero-order valence-corrected chi connectivity index (χ0v) is 11.2. The largest absolute Gasteiger partial charge is 0.469 e. The van der Waals surface area contributed by atoms with Crippen LogP contribution in [0.25, 0.3) is 0 Å². The molecule has 0 N–H and O–H groups in total. The molecular weight excluding hydrogens is 191 g/mol. The Labute approximate surface area is 90.0 Å². The van der Waals surface area contributed by atoms with Gasteiger partial charge < -0.3 is 4.74 Å². The van der Waals surface area contributed by atoms with Crippen molar-refractivity contribution in [2.45, 2.75) is 39.5 Å². The summed E-state index contributed by atoms with van der Waals surface area (Å²) in [5.74, 6) is -0.0989. The van der Waals surface area contributed by atoms with Crippen molar-refractivity contribution >= 4 is 22.2 Å². The van der Waals surface area contributed by atoms with Gasteiger partial charge in [0.2, 0.25) is 0 Å². The van der Waals surface area contributed by atoms with Crippen LogP contribution in [0.1, 0.15) is 19.3 Å². The molecule has 0 aromatic rings. The summed E-state index contributed by atoms with van der Waals surface area (Å²) in [6, 6.07) is 0. The molecule has 0 rings (SSSR count). The topological polar surface area (TPSA) is 26.3 Å². The predicted molar refractivity (Wildman–Crippen MR) is 65.8 cm³/mol. The summed E-state index contributed by atoms with van der Waals surface area (Å²) < 4.78 is 4.58. The van der Waals surface area contributed by atoms with Gasteiger partial charge in [0.1, 0.15) is 0 Å². The molecule has 0 fully saturated rings. The molecular formula is C10H21BO2Si. The van der Waals surface area contributed by atoms with E-state index in [1.807, 2.05) is 0 Å². The summed E-state index contributed by atoms with van der Waals surface area (Å²) in [5, 5.41) is 1.62. The number of esters is 1. The molecule has 4 heteroatoms. The Kier molecular flexibility index (Phi) is 7.57. The van der Waals surface area contributed by atoms with E-state index in [9.17, 15) is 4.79 Å². The van der Waals surface area contributed by atoms with Crippen molar-refractivity contribution in [2.24, 2.45) is 0 Å². The fraction of sp³-hybridized carbons (Fsp3) is 0.700. The van der Waals surface area contributed by atoms with Crippen LogP contribution in [0.15, 0.2) is 11.2 Å². The van der Waals surface area contributed by atoms with E-state index in [1.165, 1.54) is 7.11 Å². The Morgan fingerprint density at radius 1 is 1.50 bits per heavy atom. The highest BCUT2D eigenvalue weighted by Gasteiger charge is 2.04. The second kappa shape index (κ2) is 7.86. The minimum Gasteiger partial charge on any atom is -0.469 e. The monoisotopic (exact) mass is 212 g/mol. The van der Waals surface area contributed by atoms with Gasteiger partial charge in [-0.3, -0.25) is 4.79 Å². The highest BCUT2D eigenvalue weighted by molar-refractivity contribution is 6.79. The highest BCUT2D eigenvalue weighted by Crippen LogP contribution is 2.05. The molecule has 0 aromatic heterocycles. The molecule has 0 heterocycles. The minimum atomic E-state index is -0.0989. The van der Waals surface area contributed by atoms with Gasteiger partial charge in [-0.15, -0.1) is 5.10 Å². The molecule has 14 heavy (non-hydrogen) atoms. The van der Waals surface area contributed by atoms with Crippen molar-refractivity contribution in [1.29, 1.82) is 0 Å². The Balaban J connectivity index is 3.74. The Hall–Kier alpha value is -0.508. The van der Waals surface area contributed by atoms with Crippen molar-refractivity contribution in [3.05, 3.63) is 11.2 Å². The maximum absolute atomic E-state index is 10.8. The molecule has 0 aromatic carbocycles. The van der Waals surface area contributed by atoms with Crippen LogP contribution in [0, 0.1) is 0 Å². The molecule has 0 bridgehead atoms. The van der Waals surface area contributed by atoms with E-state index < -0.39 is 0 Å². The number of methoxy groups -OCH3 is 1. The minimum absolute atomic E-state index is 0.0271. The van der Waals surface area contributed by atoms with E-state index in [1.54, 1.807) is 5.10 Å². The van der Waals surface area contributed by atoms with E-state index in [0.717, 1.165) is 12.8 Å². The van der Waals surface area contributed by atoms with Gasteiger partial charge in [0, 0.05) is 15.9 Å². The molecule has 0 aliphatic rings. The molecule has 0 atom stereocenters. The molecule has 0 amide bonds. The molecule has 0 aliphatic heterocycles. The van der Waals surface area contributed by atoms with Gasteiger partial charge >= 0.3 is 5.97 Å². The summed E-state index contributed by atoms with van der Waals surface area (Å²) in [5.41, 5.74) is 0. The van der Waals surface area contributed by atoms with Crippen LogP contribution in [0.5, 0.6) is 0 Å². The first kappa shape index (κ1) is 13.5. The number of allylic oxidation sites excluding steroid dienone is 1. The average Bonchev–Trinajstić information content (AvgIpc) is 2.16. The van der Waals surface area contributed by atoms with Crippen LogP contribution in [-0.4, -0.2) is 29.3 Å². The summed E-state index contributed by atoms with van der Waals surface area (Å²) in [4.78, 5) is 10.8. The molecule has 0 radical (unpaired) electrons. The SMILES string of the molecule is COC(=O)CCC/C=C(\[SiH2]C)B(C)C. The number of hydrogen-bond acceptors (Lipinski definition) is 2. The van der Waals surface area contributed by atoms with E-state index in [0.29, 0.717) is 13.1 Å². The lowest BCUT2D eigenvalue weighted by molar-refractivity contribution is -0.140. The maximum atomic E-state index is 10.8. The van der Waals surface area contributed by atoms with Gasteiger partial charge in [-0.25, -0.2) is 0 Å². The summed E-state index contributed by atoms with van der Waals surface area (Å²) >= 11 is 0. The van der Waals surface area contributed by atoms with Crippen molar-refractivity contribution in [2.75, 3.05) is 7.11 Å². The number of carbonyl (C=O) groups is 1. The van der Waals surface area contributed by atoms with E-state index in [-0.39, 0.29) is 15.5 Å². The van der Waals surface area contributed by atoms with Gasteiger partial charge in [0.25, 0.3) is 0 Å². The molecule has 80 valence electrons. The van der Waals surface area contributed by atoms with Gasteiger partial charge in [-0.05, 0) is 12.8 Å². The number of carbonyl (C=O) groups excluding carboxylic acids is 1.